The summed E-state index contributed by atoms with van der Waals surface area (Å²) in [6, 6.07) is 7.56. The lowest BCUT2D eigenvalue weighted by Gasteiger charge is -2.18. The number of phenols is 3. The third-order valence-corrected chi connectivity index (χ3v) is 5.32. The minimum absolute atomic E-state index is 0.130. The minimum Gasteiger partial charge on any atom is -0.504 e. The van der Waals surface area contributed by atoms with Gasteiger partial charge in [-0.2, -0.15) is 0 Å². The van der Waals surface area contributed by atoms with Gasteiger partial charge in [-0.15, -0.1) is 0 Å². The van der Waals surface area contributed by atoms with Crippen LogP contribution in [0.2, 0.25) is 0 Å². The first kappa shape index (κ1) is 18.2. The van der Waals surface area contributed by atoms with Gasteiger partial charge in [0.2, 0.25) is 5.75 Å². The second-order valence-electron chi connectivity index (χ2n) is 6.82. The van der Waals surface area contributed by atoms with Crippen molar-refractivity contribution in [3.8, 4) is 28.7 Å². The van der Waals surface area contributed by atoms with Crippen molar-refractivity contribution < 1.29 is 39.1 Å². The van der Waals surface area contributed by atoms with E-state index >= 15 is 0 Å². The van der Waals surface area contributed by atoms with Crippen LogP contribution in [-0.2, 0) is 14.3 Å². The molecule has 2 aliphatic rings. The van der Waals surface area contributed by atoms with Gasteiger partial charge in [-0.1, -0.05) is 6.07 Å². The third kappa shape index (κ3) is 2.77. The Labute approximate surface area is 160 Å². The van der Waals surface area contributed by atoms with Crippen molar-refractivity contribution in [2.75, 3.05) is 20.8 Å². The van der Waals surface area contributed by atoms with Gasteiger partial charge < -0.3 is 34.3 Å². The van der Waals surface area contributed by atoms with Gasteiger partial charge in [0.05, 0.1) is 32.8 Å². The highest BCUT2D eigenvalue weighted by molar-refractivity contribution is 5.77. The number of ether oxygens (including phenoxy) is 4. The molecule has 4 rings (SSSR count). The normalized spacial score (nSPS) is 26.0. The molecule has 0 radical (unpaired) electrons. The number of hydrogen-bond acceptors (Lipinski definition) is 8. The van der Waals surface area contributed by atoms with Gasteiger partial charge in [0.25, 0.3) is 0 Å². The number of carbonyl (C=O) groups is 1. The van der Waals surface area contributed by atoms with Crippen LogP contribution in [-0.4, -0.2) is 42.1 Å². The van der Waals surface area contributed by atoms with Crippen molar-refractivity contribution in [2.24, 2.45) is 11.8 Å². The molecule has 148 valence electrons. The number of phenolic OH excluding ortho intramolecular Hbond substituents is 3. The fourth-order valence-corrected chi connectivity index (χ4v) is 3.93. The Morgan fingerprint density at radius 3 is 2.21 bits per heavy atom. The number of esters is 1. The highest BCUT2D eigenvalue weighted by Gasteiger charge is 2.54. The van der Waals surface area contributed by atoms with Crippen molar-refractivity contribution in [3.63, 3.8) is 0 Å². The number of benzene rings is 2. The molecule has 0 saturated carbocycles. The first-order valence-electron chi connectivity index (χ1n) is 8.73. The van der Waals surface area contributed by atoms with Crippen molar-refractivity contribution in [1.29, 1.82) is 0 Å². The summed E-state index contributed by atoms with van der Waals surface area (Å²) >= 11 is 0. The van der Waals surface area contributed by atoms with Crippen molar-refractivity contribution >= 4 is 5.97 Å². The molecule has 2 aromatic carbocycles. The van der Waals surface area contributed by atoms with E-state index in [1.165, 1.54) is 26.4 Å². The van der Waals surface area contributed by atoms with Crippen LogP contribution < -0.4 is 9.47 Å². The Bertz CT molecular complexity index is 899. The number of carbonyl (C=O) groups excluding carboxylic acids is 1. The molecule has 4 atom stereocenters. The summed E-state index contributed by atoms with van der Waals surface area (Å²) in [6.07, 6.45) is -1.17. The molecule has 2 unspecified atom stereocenters. The lowest BCUT2D eigenvalue weighted by molar-refractivity contribution is -0.148. The summed E-state index contributed by atoms with van der Waals surface area (Å²) in [5.41, 5.74) is 1.21. The second-order valence-corrected chi connectivity index (χ2v) is 6.82. The fraction of sp³-hybridized carbons (Fsp3) is 0.350. The molecule has 2 aliphatic heterocycles. The highest BCUT2D eigenvalue weighted by Crippen LogP contribution is 2.53. The predicted molar refractivity (Wildman–Crippen MR) is 95.5 cm³/mol. The Balaban J connectivity index is 1.67. The standard InChI is InChI=1S/C20H20O8/c1-25-14-6-10(7-15(26-2)17(14)23)18-11-8-27-19(16(11)20(24)28-18)9-3-4-12(21)13(22)5-9/h3-7,11,16,18-19,21-23H,8H2,1-2H3/t11?,16?,18-,19-/m1/s1. The highest BCUT2D eigenvalue weighted by atomic mass is 16.6. The molecule has 2 fully saturated rings. The summed E-state index contributed by atoms with van der Waals surface area (Å²) in [5, 5.41) is 29.4. The maximum Gasteiger partial charge on any atom is 0.313 e. The van der Waals surface area contributed by atoms with E-state index in [0.717, 1.165) is 0 Å². The third-order valence-electron chi connectivity index (χ3n) is 5.32. The van der Waals surface area contributed by atoms with Crippen LogP contribution >= 0.6 is 0 Å². The van der Waals surface area contributed by atoms with E-state index in [9.17, 15) is 20.1 Å². The molecule has 0 aliphatic carbocycles. The average Bonchev–Trinajstić information content (AvgIpc) is 3.26. The van der Waals surface area contributed by atoms with Gasteiger partial charge >= 0.3 is 5.97 Å². The number of fused-ring (bicyclic) bond motifs is 1. The summed E-state index contributed by atoms with van der Waals surface area (Å²) in [7, 11) is 2.85. The number of cyclic esters (lactones) is 1. The van der Waals surface area contributed by atoms with E-state index in [1.807, 2.05) is 0 Å². The summed E-state index contributed by atoms with van der Waals surface area (Å²) in [4.78, 5) is 12.6. The lowest BCUT2D eigenvalue weighted by atomic mass is 9.84. The van der Waals surface area contributed by atoms with Crippen LogP contribution in [0.3, 0.4) is 0 Å². The smallest absolute Gasteiger partial charge is 0.313 e. The van der Waals surface area contributed by atoms with Gasteiger partial charge in [0.1, 0.15) is 6.10 Å². The molecule has 2 saturated heterocycles. The van der Waals surface area contributed by atoms with Gasteiger partial charge in [-0.25, -0.2) is 0 Å². The zero-order valence-corrected chi connectivity index (χ0v) is 15.3. The molecule has 8 nitrogen and oxygen atoms in total. The van der Waals surface area contributed by atoms with Crippen LogP contribution in [0.25, 0.3) is 0 Å². The SMILES string of the molecule is COc1cc([C@H]2OC(=O)C3C2CO[C@@H]3c2ccc(O)c(O)c2)cc(OC)c1O. The number of rotatable bonds is 4. The Hall–Kier alpha value is -3.13. The van der Waals surface area contributed by atoms with Crippen LogP contribution in [0.5, 0.6) is 28.7 Å². The maximum absolute atomic E-state index is 12.6. The van der Waals surface area contributed by atoms with Gasteiger partial charge in [0.15, 0.2) is 23.0 Å². The molecular formula is C20H20O8. The van der Waals surface area contributed by atoms with E-state index in [2.05, 4.69) is 0 Å². The molecule has 3 N–H and O–H groups in total. The van der Waals surface area contributed by atoms with Gasteiger partial charge in [-0.05, 0) is 29.8 Å². The van der Waals surface area contributed by atoms with E-state index in [0.29, 0.717) is 11.1 Å². The van der Waals surface area contributed by atoms with E-state index < -0.39 is 24.1 Å². The number of hydrogen-bond donors (Lipinski definition) is 3. The van der Waals surface area contributed by atoms with Crippen molar-refractivity contribution in [2.45, 2.75) is 12.2 Å². The summed E-state index contributed by atoms with van der Waals surface area (Å²) in [6.45, 7) is 0.277. The second kappa shape index (κ2) is 6.79. The fourth-order valence-electron chi connectivity index (χ4n) is 3.93. The van der Waals surface area contributed by atoms with E-state index in [1.54, 1.807) is 18.2 Å². The zero-order chi connectivity index (χ0) is 20.0. The minimum atomic E-state index is -0.588. The zero-order valence-electron chi connectivity index (χ0n) is 15.3. The van der Waals surface area contributed by atoms with Gasteiger partial charge in [-0.3, -0.25) is 4.79 Å². The molecule has 8 heteroatoms. The Morgan fingerprint density at radius 1 is 0.929 bits per heavy atom. The molecule has 0 spiro atoms. The van der Waals surface area contributed by atoms with Crippen LogP contribution in [0.15, 0.2) is 30.3 Å². The van der Waals surface area contributed by atoms with Crippen molar-refractivity contribution in [3.05, 3.63) is 41.5 Å². The van der Waals surface area contributed by atoms with Crippen LogP contribution in [0.4, 0.5) is 0 Å². The molecule has 2 heterocycles. The first-order chi connectivity index (χ1) is 13.4. The Kier molecular flexibility index (Phi) is 4.43. The molecule has 2 aromatic rings. The van der Waals surface area contributed by atoms with Crippen LogP contribution in [0.1, 0.15) is 23.3 Å². The Morgan fingerprint density at radius 2 is 1.61 bits per heavy atom. The predicted octanol–water partition coefficient (Wildman–Crippen LogP) is 2.42. The lowest BCUT2D eigenvalue weighted by Crippen LogP contribution is -2.17. The molecule has 0 aromatic heterocycles. The molecule has 0 amide bonds. The average molecular weight is 388 g/mol. The quantitative estimate of drug-likeness (QED) is 0.540. The van der Waals surface area contributed by atoms with Gasteiger partial charge in [0, 0.05) is 11.5 Å². The number of aromatic hydroxyl groups is 3. The maximum atomic E-state index is 12.6. The summed E-state index contributed by atoms with van der Waals surface area (Å²) in [5.74, 6) is -1.44. The van der Waals surface area contributed by atoms with E-state index in [-0.39, 0.29) is 41.3 Å². The van der Waals surface area contributed by atoms with E-state index in [4.69, 9.17) is 18.9 Å². The molecule has 0 bridgehead atoms. The first-order valence-corrected chi connectivity index (χ1v) is 8.73. The van der Waals surface area contributed by atoms with Crippen LogP contribution in [0, 0.1) is 11.8 Å². The van der Waals surface area contributed by atoms with Crippen molar-refractivity contribution in [1.82, 2.24) is 0 Å². The molecular weight excluding hydrogens is 368 g/mol. The topological polar surface area (TPSA) is 115 Å². The largest absolute Gasteiger partial charge is 0.504 e. The number of methoxy groups -OCH3 is 2. The molecule has 28 heavy (non-hydrogen) atoms. The summed E-state index contributed by atoms with van der Waals surface area (Å²) < 4.78 is 21.9. The monoisotopic (exact) mass is 388 g/mol.